The fourth-order valence-electron chi connectivity index (χ4n) is 1.32. The third-order valence-electron chi connectivity index (χ3n) is 2.13. The Bertz CT molecular complexity index is 379. The van der Waals surface area contributed by atoms with Crippen molar-refractivity contribution in [1.29, 1.82) is 5.26 Å². The molecule has 0 fully saturated rings. The Morgan fingerprint density at radius 1 is 1.29 bits per heavy atom. The van der Waals surface area contributed by atoms with Crippen LogP contribution in [0.5, 0.6) is 0 Å². The highest BCUT2D eigenvalue weighted by Crippen LogP contribution is 2.21. The zero-order valence-corrected chi connectivity index (χ0v) is 10.00. The highest BCUT2D eigenvalue weighted by atomic mass is 32.1. The molecule has 0 atom stereocenters. The van der Waals surface area contributed by atoms with E-state index in [-0.39, 0.29) is 6.42 Å². The van der Waals surface area contributed by atoms with Gasteiger partial charge in [-0.05, 0) is 31.5 Å². The van der Waals surface area contributed by atoms with Gasteiger partial charge in [0.1, 0.15) is 10.9 Å². The molecular formula is C11H13F3N2S. The van der Waals surface area contributed by atoms with E-state index in [0.29, 0.717) is 24.4 Å². The fourth-order valence-corrected chi connectivity index (χ4v) is 2.09. The van der Waals surface area contributed by atoms with E-state index in [9.17, 15) is 13.2 Å². The van der Waals surface area contributed by atoms with E-state index in [4.69, 9.17) is 5.26 Å². The van der Waals surface area contributed by atoms with Gasteiger partial charge in [-0.1, -0.05) is 0 Å². The molecule has 0 radical (unpaired) electrons. The smallest absolute Gasteiger partial charge is 0.312 e. The van der Waals surface area contributed by atoms with Gasteiger partial charge in [-0.15, -0.1) is 11.3 Å². The van der Waals surface area contributed by atoms with Gasteiger partial charge in [0.25, 0.3) is 0 Å². The van der Waals surface area contributed by atoms with Gasteiger partial charge in [-0.3, -0.25) is 0 Å². The lowest BCUT2D eigenvalue weighted by atomic mass is 10.2. The Morgan fingerprint density at radius 2 is 2.06 bits per heavy atom. The van der Waals surface area contributed by atoms with Gasteiger partial charge in [-0.2, -0.15) is 18.4 Å². The van der Waals surface area contributed by atoms with Gasteiger partial charge < -0.3 is 5.32 Å². The summed E-state index contributed by atoms with van der Waals surface area (Å²) in [4.78, 5) is 1.68. The molecule has 1 aromatic rings. The number of hydrogen-bond acceptors (Lipinski definition) is 3. The van der Waals surface area contributed by atoms with E-state index in [1.165, 1.54) is 11.3 Å². The normalized spacial score (nSPS) is 11.4. The van der Waals surface area contributed by atoms with E-state index in [0.717, 1.165) is 4.88 Å². The van der Waals surface area contributed by atoms with Crippen LogP contribution < -0.4 is 5.32 Å². The van der Waals surface area contributed by atoms with Crippen molar-refractivity contribution in [1.82, 2.24) is 5.32 Å². The summed E-state index contributed by atoms with van der Waals surface area (Å²) in [5, 5.41) is 11.7. The molecule has 1 heterocycles. The summed E-state index contributed by atoms with van der Waals surface area (Å²) in [6.45, 7) is 1.17. The van der Waals surface area contributed by atoms with Crippen molar-refractivity contribution in [2.24, 2.45) is 0 Å². The van der Waals surface area contributed by atoms with Crippen LogP contribution in [0.4, 0.5) is 13.2 Å². The number of hydrogen-bond donors (Lipinski definition) is 1. The number of nitrogens with zero attached hydrogens (tertiary/aromatic N) is 1. The number of nitrogens with one attached hydrogen (secondary N) is 1. The monoisotopic (exact) mass is 262 g/mol. The fraction of sp³-hybridized carbons (Fsp3) is 0.545. The molecule has 0 spiro atoms. The minimum Gasteiger partial charge on any atom is -0.312 e. The molecule has 2 nitrogen and oxygen atoms in total. The van der Waals surface area contributed by atoms with Gasteiger partial charge >= 0.3 is 6.18 Å². The van der Waals surface area contributed by atoms with Crippen LogP contribution in [0.1, 0.15) is 29.0 Å². The second-order valence-corrected chi connectivity index (χ2v) is 4.80. The Labute approximate surface area is 102 Å². The lowest BCUT2D eigenvalue weighted by molar-refractivity contribution is -0.135. The number of rotatable bonds is 6. The van der Waals surface area contributed by atoms with Crippen LogP contribution in [0.3, 0.4) is 0 Å². The molecule has 0 aliphatic rings. The minimum absolute atomic E-state index is 0.157. The standard InChI is InChI=1S/C11H13F3N2S/c12-11(13,14)5-1-2-6-16-8-10-4-3-9(7-15)17-10/h3-4,16H,1-2,5-6,8H2. The number of thiophene rings is 1. The zero-order valence-electron chi connectivity index (χ0n) is 9.18. The van der Waals surface area contributed by atoms with E-state index >= 15 is 0 Å². The maximum Gasteiger partial charge on any atom is 0.389 e. The Hall–Kier alpha value is -1.06. The predicted octanol–water partition coefficient (Wildman–Crippen LogP) is 3.44. The second-order valence-electron chi connectivity index (χ2n) is 3.63. The predicted molar refractivity (Wildman–Crippen MR) is 60.6 cm³/mol. The molecule has 0 aliphatic heterocycles. The summed E-state index contributed by atoms with van der Waals surface area (Å²) in [5.41, 5.74) is 0. The van der Waals surface area contributed by atoms with Crippen LogP contribution in [0, 0.1) is 11.3 Å². The summed E-state index contributed by atoms with van der Waals surface area (Å²) in [6.07, 6.45) is -4.10. The molecule has 1 aromatic heterocycles. The Morgan fingerprint density at radius 3 is 2.65 bits per heavy atom. The van der Waals surface area contributed by atoms with Crippen LogP contribution in [0.15, 0.2) is 12.1 Å². The first-order valence-corrected chi connectivity index (χ1v) is 6.09. The van der Waals surface area contributed by atoms with Crippen LogP contribution in [0.2, 0.25) is 0 Å². The maximum atomic E-state index is 11.8. The average molecular weight is 262 g/mol. The molecule has 17 heavy (non-hydrogen) atoms. The molecule has 1 rings (SSSR count). The molecule has 0 bridgehead atoms. The molecule has 0 amide bonds. The summed E-state index contributed by atoms with van der Waals surface area (Å²) in [5.74, 6) is 0. The molecule has 0 saturated heterocycles. The van der Waals surface area contributed by atoms with Crippen LogP contribution in [-0.2, 0) is 6.54 Å². The lowest BCUT2D eigenvalue weighted by Gasteiger charge is -2.06. The van der Waals surface area contributed by atoms with E-state index in [2.05, 4.69) is 5.32 Å². The number of halogens is 3. The summed E-state index contributed by atoms with van der Waals surface area (Å²) < 4.78 is 35.5. The van der Waals surface area contributed by atoms with E-state index < -0.39 is 12.6 Å². The van der Waals surface area contributed by atoms with Crippen molar-refractivity contribution in [3.05, 3.63) is 21.9 Å². The quantitative estimate of drug-likeness (QED) is 0.797. The third kappa shape index (κ3) is 6.29. The van der Waals surface area contributed by atoms with Crippen LogP contribution in [0.25, 0.3) is 0 Å². The van der Waals surface area contributed by atoms with Crippen molar-refractivity contribution in [3.8, 4) is 6.07 Å². The largest absolute Gasteiger partial charge is 0.389 e. The third-order valence-corrected chi connectivity index (χ3v) is 3.12. The Balaban J connectivity index is 2.07. The molecule has 1 N–H and O–H groups in total. The van der Waals surface area contributed by atoms with Gasteiger partial charge in [0, 0.05) is 17.8 Å². The SMILES string of the molecule is N#Cc1ccc(CNCCCCC(F)(F)F)s1. The van der Waals surface area contributed by atoms with E-state index in [1.54, 1.807) is 6.07 Å². The van der Waals surface area contributed by atoms with Crippen LogP contribution >= 0.6 is 11.3 Å². The zero-order chi connectivity index (χ0) is 12.7. The second kappa shape index (κ2) is 6.62. The van der Waals surface area contributed by atoms with E-state index in [1.807, 2.05) is 12.1 Å². The lowest BCUT2D eigenvalue weighted by Crippen LogP contribution is -2.15. The highest BCUT2D eigenvalue weighted by Gasteiger charge is 2.25. The molecule has 0 unspecified atom stereocenters. The molecule has 94 valence electrons. The molecule has 6 heteroatoms. The topological polar surface area (TPSA) is 35.8 Å². The van der Waals surface area contributed by atoms with Crippen LogP contribution in [-0.4, -0.2) is 12.7 Å². The highest BCUT2D eigenvalue weighted by molar-refractivity contribution is 7.12. The number of alkyl halides is 3. The Kier molecular flexibility index (Phi) is 5.45. The van der Waals surface area contributed by atoms with Crippen molar-refractivity contribution in [2.45, 2.75) is 32.0 Å². The summed E-state index contributed by atoms with van der Waals surface area (Å²) >= 11 is 1.40. The van der Waals surface area contributed by atoms with Crippen molar-refractivity contribution < 1.29 is 13.2 Å². The minimum atomic E-state index is -4.05. The molecule has 0 aromatic carbocycles. The summed E-state index contributed by atoms with van der Waals surface area (Å²) in [7, 11) is 0. The summed E-state index contributed by atoms with van der Waals surface area (Å²) in [6, 6.07) is 5.63. The van der Waals surface area contributed by atoms with Gasteiger partial charge in [0.05, 0.1) is 0 Å². The van der Waals surface area contributed by atoms with Gasteiger partial charge in [-0.25, -0.2) is 0 Å². The maximum absolute atomic E-state index is 11.8. The molecule has 0 aliphatic carbocycles. The average Bonchev–Trinajstić information content (AvgIpc) is 2.69. The first kappa shape index (κ1) is 14.0. The first-order chi connectivity index (χ1) is 8.01. The first-order valence-electron chi connectivity index (χ1n) is 5.27. The number of unbranched alkanes of at least 4 members (excludes halogenated alkanes) is 1. The molecular weight excluding hydrogens is 249 g/mol. The molecule has 0 saturated carbocycles. The van der Waals surface area contributed by atoms with Crippen molar-refractivity contribution in [3.63, 3.8) is 0 Å². The number of nitriles is 1. The van der Waals surface area contributed by atoms with Gasteiger partial charge in [0.2, 0.25) is 0 Å². The van der Waals surface area contributed by atoms with Crippen molar-refractivity contribution >= 4 is 11.3 Å². The van der Waals surface area contributed by atoms with Gasteiger partial charge in [0.15, 0.2) is 0 Å². The van der Waals surface area contributed by atoms with Crippen molar-refractivity contribution in [2.75, 3.05) is 6.54 Å².